The van der Waals surface area contributed by atoms with Gasteiger partial charge in [0.1, 0.15) is 0 Å². The van der Waals surface area contributed by atoms with Gasteiger partial charge in [-0.15, -0.1) is 0 Å². The summed E-state index contributed by atoms with van der Waals surface area (Å²) in [7, 11) is 5.75. The Morgan fingerprint density at radius 3 is 2.36 bits per heavy atom. The third-order valence-corrected chi connectivity index (χ3v) is 4.41. The van der Waals surface area contributed by atoms with Crippen molar-refractivity contribution in [1.29, 1.82) is 0 Å². The first kappa shape index (κ1) is 9.86. The van der Waals surface area contributed by atoms with E-state index in [1.165, 1.54) is 12.8 Å². The molecule has 11 heavy (non-hydrogen) atoms. The standard InChI is InChI=1S/C7H17NOP2/c1-8(11-10)6-2-4-7(9)5-3-6/h6-7,9,11H,2-5,10H2,1H3. The van der Waals surface area contributed by atoms with Crippen molar-refractivity contribution in [1.82, 2.24) is 4.67 Å². The highest BCUT2D eigenvalue weighted by molar-refractivity contribution is 8.01. The average Bonchev–Trinajstić information content (AvgIpc) is 2.05. The van der Waals surface area contributed by atoms with E-state index in [0.717, 1.165) is 21.3 Å². The second-order valence-electron chi connectivity index (χ2n) is 3.20. The average molecular weight is 193 g/mol. The predicted molar refractivity (Wildman–Crippen MR) is 54.1 cm³/mol. The summed E-state index contributed by atoms with van der Waals surface area (Å²) < 4.78 is 2.37. The minimum Gasteiger partial charge on any atom is -0.393 e. The molecule has 0 radical (unpaired) electrons. The molecule has 1 saturated carbocycles. The summed E-state index contributed by atoms with van der Waals surface area (Å²) in [5.74, 6) is 0. The summed E-state index contributed by atoms with van der Waals surface area (Å²) in [5.41, 5.74) is 0. The fourth-order valence-corrected chi connectivity index (χ4v) is 2.65. The molecule has 2 unspecified atom stereocenters. The van der Waals surface area contributed by atoms with Crippen molar-refractivity contribution in [2.24, 2.45) is 0 Å². The molecule has 0 aliphatic heterocycles. The molecule has 0 aromatic heterocycles. The minimum absolute atomic E-state index is 0.0208. The summed E-state index contributed by atoms with van der Waals surface area (Å²) in [6, 6.07) is 0.717. The van der Waals surface area contributed by atoms with Gasteiger partial charge in [-0.2, -0.15) is 0 Å². The van der Waals surface area contributed by atoms with E-state index in [1.807, 2.05) is 0 Å². The first-order chi connectivity index (χ1) is 5.24. The van der Waals surface area contributed by atoms with Crippen molar-refractivity contribution < 1.29 is 5.11 Å². The summed E-state index contributed by atoms with van der Waals surface area (Å²) in [4.78, 5) is 0. The number of aliphatic hydroxyl groups is 1. The lowest BCUT2D eigenvalue weighted by Gasteiger charge is -2.31. The molecule has 1 rings (SSSR count). The van der Waals surface area contributed by atoms with Crippen LogP contribution in [0.5, 0.6) is 0 Å². The molecule has 0 aromatic carbocycles. The predicted octanol–water partition coefficient (Wildman–Crippen LogP) is 1.61. The van der Waals surface area contributed by atoms with Crippen molar-refractivity contribution in [3.8, 4) is 0 Å². The lowest BCUT2D eigenvalue weighted by Crippen LogP contribution is -2.30. The maximum absolute atomic E-state index is 9.26. The molecule has 1 N–H and O–H groups in total. The van der Waals surface area contributed by atoms with Gasteiger partial charge in [0.15, 0.2) is 0 Å². The molecule has 0 saturated heterocycles. The lowest BCUT2D eigenvalue weighted by atomic mass is 9.93. The maximum Gasteiger partial charge on any atom is 0.0541 e. The smallest absolute Gasteiger partial charge is 0.0541 e. The summed E-state index contributed by atoms with van der Waals surface area (Å²) in [6.45, 7) is 0. The van der Waals surface area contributed by atoms with Gasteiger partial charge in [0.05, 0.1) is 6.10 Å². The first-order valence-corrected chi connectivity index (χ1v) is 6.87. The van der Waals surface area contributed by atoms with Gasteiger partial charge in [-0.25, -0.2) is 0 Å². The SMILES string of the molecule is CN(PP)C1CCC(O)CC1. The number of hydrogen-bond acceptors (Lipinski definition) is 2. The Bertz CT molecular complexity index is 115. The van der Waals surface area contributed by atoms with Crippen molar-refractivity contribution in [3.05, 3.63) is 0 Å². The zero-order chi connectivity index (χ0) is 8.27. The maximum atomic E-state index is 9.26. The quantitative estimate of drug-likeness (QED) is 0.673. The summed E-state index contributed by atoms with van der Waals surface area (Å²) in [6.07, 6.45) is 4.29. The minimum atomic E-state index is -0.0208. The van der Waals surface area contributed by atoms with Gasteiger partial charge in [0.25, 0.3) is 0 Å². The Labute approximate surface area is 72.7 Å². The molecule has 1 aliphatic carbocycles. The first-order valence-electron chi connectivity index (χ1n) is 4.11. The van der Waals surface area contributed by atoms with Gasteiger partial charge in [-0.3, -0.25) is 4.67 Å². The van der Waals surface area contributed by atoms with E-state index in [2.05, 4.69) is 20.6 Å². The zero-order valence-electron chi connectivity index (χ0n) is 6.95. The van der Waals surface area contributed by atoms with Crippen LogP contribution in [-0.4, -0.2) is 29.0 Å². The molecular formula is C7H17NOP2. The molecule has 0 spiro atoms. The van der Waals surface area contributed by atoms with E-state index in [1.54, 1.807) is 0 Å². The monoisotopic (exact) mass is 193 g/mol. The zero-order valence-corrected chi connectivity index (χ0v) is 9.11. The van der Waals surface area contributed by atoms with E-state index in [-0.39, 0.29) is 6.10 Å². The number of hydrogen-bond donors (Lipinski definition) is 1. The normalized spacial score (nSPS) is 33.8. The van der Waals surface area contributed by atoms with E-state index >= 15 is 0 Å². The Kier molecular flexibility index (Phi) is 4.23. The van der Waals surface area contributed by atoms with Crippen LogP contribution >= 0.6 is 17.3 Å². The second-order valence-corrected chi connectivity index (χ2v) is 4.94. The van der Waals surface area contributed by atoms with Gasteiger partial charge in [-0.05, 0) is 41.2 Å². The van der Waals surface area contributed by atoms with Gasteiger partial charge in [-0.1, -0.05) is 8.93 Å². The molecule has 2 nitrogen and oxygen atoms in total. The molecule has 0 heterocycles. The highest BCUT2D eigenvalue weighted by atomic mass is 32.0. The molecule has 0 bridgehead atoms. The van der Waals surface area contributed by atoms with Crippen molar-refractivity contribution >= 4 is 17.3 Å². The second kappa shape index (κ2) is 4.72. The van der Waals surface area contributed by atoms with Crippen LogP contribution < -0.4 is 0 Å². The lowest BCUT2D eigenvalue weighted by molar-refractivity contribution is 0.106. The summed E-state index contributed by atoms with van der Waals surface area (Å²) >= 11 is 0. The molecular weight excluding hydrogens is 176 g/mol. The highest BCUT2D eigenvalue weighted by Crippen LogP contribution is 2.32. The van der Waals surface area contributed by atoms with Crippen molar-refractivity contribution in [2.45, 2.75) is 37.8 Å². The van der Waals surface area contributed by atoms with Gasteiger partial charge in [0, 0.05) is 6.04 Å². The van der Waals surface area contributed by atoms with Crippen molar-refractivity contribution in [2.75, 3.05) is 7.05 Å². The molecule has 4 heteroatoms. The Balaban J connectivity index is 2.27. The van der Waals surface area contributed by atoms with Crippen LogP contribution in [-0.2, 0) is 0 Å². The molecule has 2 atom stereocenters. The van der Waals surface area contributed by atoms with Gasteiger partial charge < -0.3 is 5.11 Å². The van der Waals surface area contributed by atoms with E-state index < -0.39 is 0 Å². The fraction of sp³-hybridized carbons (Fsp3) is 1.00. The molecule has 0 aromatic rings. The topological polar surface area (TPSA) is 23.5 Å². The third-order valence-electron chi connectivity index (χ3n) is 2.42. The van der Waals surface area contributed by atoms with Gasteiger partial charge in [0.2, 0.25) is 0 Å². The molecule has 66 valence electrons. The number of nitrogens with zero attached hydrogens (tertiary/aromatic N) is 1. The number of rotatable bonds is 2. The van der Waals surface area contributed by atoms with Gasteiger partial charge >= 0.3 is 0 Å². The highest BCUT2D eigenvalue weighted by Gasteiger charge is 2.21. The van der Waals surface area contributed by atoms with Crippen LogP contribution in [0.1, 0.15) is 25.7 Å². The van der Waals surface area contributed by atoms with E-state index in [4.69, 9.17) is 0 Å². The molecule has 1 aliphatic rings. The van der Waals surface area contributed by atoms with Crippen LogP contribution in [0, 0.1) is 0 Å². The Morgan fingerprint density at radius 2 is 1.91 bits per heavy atom. The van der Waals surface area contributed by atoms with Crippen LogP contribution in [0.2, 0.25) is 0 Å². The Hall–Kier alpha value is 0.780. The Morgan fingerprint density at radius 1 is 1.36 bits per heavy atom. The number of aliphatic hydroxyl groups excluding tert-OH is 1. The van der Waals surface area contributed by atoms with Crippen LogP contribution in [0.15, 0.2) is 0 Å². The van der Waals surface area contributed by atoms with Crippen LogP contribution in [0.3, 0.4) is 0 Å². The van der Waals surface area contributed by atoms with Crippen molar-refractivity contribution in [3.63, 3.8) is 0 Å². The fourth-order valence-electron chi connectivity index (χ4n) is 1.55. The van der Waals surface area contributed by atoms with Crippen LogP contribution in [0.4, 0.5) is 0 Å². The third kappa shape index (κ3) is 2.95. The molecule has 1 fully saturated rings. The van der Waals surface area contributed by atoms with E-state index in [0.29, 0.717) is 6.04 Å². The van der Waals surface area contributed by atoms with E-state index in [9.17, 15) is 5.11 Å². The largest absolute Gasteiger partial charge is 0.393 e. The molecule has 0 amide bonds. The summed E-state index contributed by atoms with van der Waals surface area (Å²) in [5, 5.41) is 9.26. The van der Waals surface area contributed by atoms with Crippen LogP contribution in [0.25, 0.3) is 0 Å².